The second-order valence-electron chi connectivity index (χ2n) is 5.69. The number of aromatic nitrogens is 2. The third-order valence-electron chi connectivity index (χ3n) is 4.07. The molecule has 3 rings (SSSR count). The van der Waals surface area contributed by atoms with Crippen LogP contribution in [0.4, 0.5) is 0 Å². The lowest BCUT2D eigenvalue weighted by atomic mass is 9.90. The van der Waals surface area contributed by atoms with Crippen LogP contribution in [0, 0.1) is 0 Å². The number of hydrogen-bond donors (Lipinski definition) is 2. The summed E-state index contributed by atoms with van der Waals surface area (Å²) in [6.45, 7) is 6.28. The van der Waals surface area contributed by atoms with Gasteiger partial charge in [0, 0.05) is 6.04 Å². The summed E-state index contributed by atoms with van der Waals surface area (Å²) in [5.41, 5.74) is 3.34. The first-order valence-corrected chi connectivity index (χ1v) is 7.11. The molecule has 4 heteroatoms. The maximum atomic E-state index is 12.0. The average molecular weight is 259 g/mol. The van der Waals surface area contributed by atoms with Gasteiger partial charge in [-0.2, -0.15) is 0 Å². The number of fused-ring (bicyclic) bond motifs is 1. The number of rotatable bonds is 2. The van der Waals surface area contributed by atoms with Gasteiger partial charge in [-0.05, 0) is 63.4 Å². The molecule has 0 saturated carbocycles. The van der Waals surface area contributed by atoms with Crippen LogP contribution in [0.5, 0.6) is 0 Å². The van der Waals surface area contributed by atoms with E-state index in [1.165, 1.54) is 18.4 Å². The van der Waals surface area contributed by atoms with Crippen molar-refractivity contribution in [2.24, 2.45) is 0 Å². The van der Waals surface area contributed by atoms with E-state index in [4.69, 9.17) is 0 Å². The van der Waals surface area contributed by atoms with Crippen LogP contribution in [-0.2, 0) is 0 Å². The van der Waals surface area contributed by atoms with Gasteiger partial charge in [0.2, 0.25) is 0 Å². The van der Waals surface area contributed by atoms with E-state index in [-0.39, 0.29) is 11.7 Å². The molecule has 1 aromatic heterocycles. The molecule has 1 aliphatic rings. The van der Waals surface area contributed by atoms with Crippen LogP contribution >= 0.6 is 0 Å². The smallest absolute Gasteiger partial charge is 0.317 e. The molecule has 1 fully saturated rings. The van der Waals surface area contributed by atoms with Crippen LogP contribution in [-0.4, -0.2) is 22.6 Å². The molecule has 0 atom stereocenters. The maximum Gasteiger partial charge on any atom is 0.326 e. The molecular weight excluding hydrogens is 238 g/mol. The third-order valence-corrected chi connectivity index (χ3v) is 4.07. The van der Waals surface area contributed by atoms with Gasteiger partial charge >= 0.3 is 5.69 Å². The van der Waals surface area contributed by atoms with Gasteiger partial charge in [0.05, 0.1) is 11.0 Å². The Morgan fingerprint density at radius 1 is 1.26 bits per heavy atom. The van der Waals surface area contributed by atoms with E-state index in [1.807, 2.05) is 24.5 Å². The number of hydrogen-bond acceptors (Lipinski definition) is 2. The molecule has 0 aliphatic carbocycles. The highest BCUT2D eigenvalue weighted by Crippen LogP contribution is 2.27. The van der Waals surface area contributed by atoms with Crippen molar-refractivity contribution in [3.05, 3.63) is 34.2 Å². The molecule has 19 heavy (non-hydrogen) atoms. The Kier molecular flexibility index (Phi) is 3.19. The molecule has 1 saturated heterocycles. The second kappa shape index (κ2) is 4.85. The van der Waals surface area contributed by atoms with Crippen LogP contribution < -0.4 is 11.0 Å². The van der Waals surface area contributed by atoms with Gasteiger partial charge in [0.15, 0.2) is 0 Å². The molecule has 1 aliphatic heterocycles. The number of piperidine rings is 1. The van der Waals surface area contributed by atoms with Crippen LogP contribution in [0.3, 0.4) is 0 Å². The standard InChI is InChI=1S/C15H21N3O/c1-10(2)18-14-9-12(11-5-7-16-8-6-11)3-4-13(14)17-15(18)19/h3-4,9-11,16H,5-8H2,1-2H3,(H,17,19). The molecule has 2 heterocycles. The van der Waals surface area contributed by atoms with Crippen LogP contribution in [0.2, 0.25) is 0 Å². The van der Waals surface area contributed by atoms with Crippen LogP contribution in [0.25, 0.3) is 11.0 Å². The summed E-state index contributed by atoms with van der Waals surface area (Å²) in [5, 5.41) is 3.39. The predicted octanol–water partition coefficient (Wildman–Crippen LogP) is 2.38. The van der Waals surface area contributed by atoms with E-state index in [9.17, 15) is 4.79 Å². The first kappa shape index (κ1) is 12.5. The van der Waals surface area contributed by atoms with Crippen LogP contribution in [0.1, 0.15) is 44.2 Å². The molecule has 2 N–H and O–H groups in total. The lowest BCUT2D eigenvalue weighted by molar-refractivity contribution is 0.460. The number of benzene rings is 1. The summed E-state index contributed by atoms with van der Waals surface area (Å²) in [7, 11) is 0. The van der Waals surface area contributed by atoms with E-state index >= 15 is 0 Å². The van der Waals surface area contributed by atoms with Crippen molar-refractivity contribution in [1.29, 1.82) is 0 Å². The minimum Gasteiger partial charge on any atom is -0.317 e. The molecule has 0 unspecified atom stereocenters. The van der Waals surface area contributed by atoms with E-state index < -0.39 is 0 Å². The van der Waals surface area contributed by atoms with E-state index in [0.717, 1.165) is 24.1 Å². The number of aromatic amines is 1. The van der Waals surface area contributed by atoms with Gasteiger partial charge in [-0.1, -0.05) is 6.07 Å². The first-order chi connectivity index (χ1) is 9.16. The zero-order valence-corrected chi connectivity index (χ0v) is 11.6. The van der Waals surface area contributed by atoms with Gasteiger partial charge in [-0.3, -0.25) is 4.57 Å². The normalized spacial score (nSPS) is 17.4. The topological polar surface area (TPSA) is 49.8 Å². The number of imidazole rings is 1. The minimum absolute atomic E-state index is 0.00698. The molecule has 102 valence electrons. The zero-order valence-electron chi connectivity index (χ0n) is 11.6. The van der Waals surface area contributed by atoms with Gasteiger partial charge in [-0.15, -0.1) is 0 Å². The summed E-state index contributed by atoms with van der Waals surface area (Å²) >= 11 is 0. The number of H-pyrrole nitrogens is 1. The van der Waals surface area contributed by atoms with Crippen molar-refractivity contribution in [1.82, 2.24) is 14.9 Å². The largest absolute Gasteiger partial charge is 0.326 e. The Balaban J connectivity index is 2.08. The van der Waals surface area contributed by atoms with Crippen molar-refractivity contribution in [3.63, 3.8) is 0 Å². The van der Waals surface area contributed by atoms with Gasteiger partial charge in [0.1, 0.15) is 0 Å². The molecule has 1 aromatic carbocycles. The highest BCUT2D eigenvalue weighted by molar-refractivity contribution is 5.76. The monoisotopic (exact) mass is 259 g/mol. The summed E-state index contributed by atoms with van der Waals surface area (Å²) < 4.78 is 1.85. The van der Waals surface area contributed by atoms with Crippen molar-refractivity contribution >= 4 is 11.0 Å². The summed E-state index contributed by atoms with van der Waals surface area (Å²) in [6.07, 6.45) is 2.36. The van der Waals surface area contributed by atoms with E-state index in [1.54, 1.807) is 0 Å². The molecule has 2 aromatic rings. The highest BCUT2D eigenvalue weighted by Gasteiger charge is 2.17. The second-order valence-corrected chi connectivity index (χ2v) is 5.69. The van der Waals surface area contributed by atoms with Crippen LogP contribution in [0.15, 0.2) is 23.0 Å². The van der Waals surface area contributed by atoms with Crippen molar-refractivity contribution in [2.75, 3.05) is 13.1 Å². The molecule has 4 nitrogen and oxygen atoms in total. The highest BCUT2D eigenvalue weighted by atomic mass is 16.1. The van der Waals surface area contributed by atoms with E-state index in [2.05, 4.69) is 22.4 Å². The maximum absolute atomic E-state index is 12.0. The van der Waals surface area contributed by atoms with Gasteiger partial charge < -0.3 is 10.3 Å². The summed E-state index contributed by atoms with van der Waals surface area (Å²) in [6, 6.07) is 6.60. The summed E-state index contributed by atoms with van der Waals surface area (Å²) in [5.74, 6) is 0.622. The first-order valence-electron chi connectivity index (χ1n) is 7.11. The van der Waals surface area contributed by atoms with Crippen molar-refractivity contribution in [3.8, 4) is 0 Å². The quantitative estimate of drug-likeness (QED) is 0.870. The van der Waals surface area contributed by atoms with Crippen molar-refractivity contribution < 1.29 is 0 Å². The lowest BCUT2D eigenvalue weighted by Gasteiger charge is -2.23. The Labute approximate surface area is 112 Å². The SMILES string of the molecule is CC(C)n1c(=O)[nH]c2ccc(C3CCNCC3)cc21. The fraction of sp³-hybridized carbons (Fsp3) is 0.533. The van der Waals surface area contributed by atoms with E-state index in [0.29, 0.717) is 5.92 Å². The Morgan fingerprint density at radius 2 is 2.00 bits per heavy atom. The number of nitrogens with one attached hydrogen (secondary N) is 2. The molecular formula is C15H21N3O. The average Bonchev–Trinajstić information content (AvgIpc) is 2.74. The Bertz CT molecular complexity index is 632. The molecule has 0 amide bonds. The number of nitrogens with zero attached hydrogens (tertiary/aromatic N) is 1. The van der Waals surface area contributed by atoms with Gasteiger partial charge in [0.25, 0.3) is 0 Å². The fourth-order valence-corrected chi connectivity index (χ4v) is 3.06. The Morgan fingerprint density at radius 3 is 2.68 bits per heavy atom. The predicted molar refractivity (Wildman–Crippen MR) is 77.8 cm³/mol. The fourth-order valence-electron chi connectivity index (χ4n) is 3.06. The molecule has 0 bridgehead atoms. The summed E-state index contributed by atoms with van der Waals surface area (Å²) in [4.78, 5) is 14.9. The minimum atomic E-state index is -0.00698. The zero-order chi connectivity index (χ0) is 13.4. The third kappa shape index (κ3) is 2.21. The lowest BCUT2D eigenvalue weighted by Crippen LogP contribution is -2.26. The van der Waals surface area contributed by atoms with Gasteiger partial charge in [-0.25, -0.2) is 4.79 Å². The molecule has 0 radical (unpaired) electrons. The molecule has 0 spiro atoms. The Hall–Kier alpha value is -1.55. The van der Waals surface area contributed by atoms with Crippen molar-refractivity contribution in [2.45, 2.75) is 38.6 Å².